The van der Waals surface area contributed by atoms with Gasteiger partial charge < -0.3 is 4.90 Å². The van der Waals surface area contributed by atoms with E-state index in [-0.39, 0.29) is 5.91 Å². The molecule has 0 aliphatic carbocycles. The molecular weight excluding hydrogens is 204 g/mol. The summed E-state index contributed by atoms with van der Waals surface area (Å²) in [5, 5.41) is 7.26. The Morgan fingerprint density at radius 3 is 2.69 bits per heavy atom. The largest absolute Gasteiger partial charge is 0.357 e. The molecule has 0 atom stereocenters. The minimum atomic E-state index is -0.325. The van der Waals surface area contributed by atoms with Crippen molar-refractivity contribution in [3.63, 3.8) is 0 Å². The Hall–Kier alpha value is -1.78. The molecule has 0 spiro atoms. The van der Waals surface area contributed by atoms with E-state index in [2.05, 4.69) is 20.1 Å². The lowest BCUT2D eigenvalue weighted by Crippen LogP contribution is -2.30. The maximum Gasteiger partial charge on any atom is 0.316 e. The molecule has 0 N–H and O–H groups in total. The molecule has 2 aliphatic heterocycles. The molecular formula is C11H12N4O. The smallest absolute Gasteiger partial charge is 0.316 e. The molecule has 0 unspecified atom stereocenters. The molecule has 0 radical (unpaired) electrons. The third-order valence-corrected chi connectivity index (χ3v) is 2.99. The van der Waals surface area contributed by atoms with Gasteiger partial charge in [0, 0.05) is 13.1 Å². The highest BCUT2D eigenvalue weighted by atomic mass is 16.2. The van der Waals surface area contributed by atoms with Gasteiger partial charge in [-0.05, 0) is 31.4 Å². The van der Waals surface area contributed by atoms with Gasteiger partial charge >= 0.3 is 5.91 Å². The Morgan fingerprint density at radius 2 is 1.88 bits per heavy atom. The van der Waals surface area contributed by atoms with E-state index >= 15 is 0 Å². The number of carbonyl (C=O) groups excluding carboxylic acids is 1. The lowest BCUT2D eigenvalue weighted by atomic mass is 10.1. The van der Waals surface area contributed by atoms with E-state index in [0.717, 1.165) is 18.9 Å². The SMILES string of the molecule is O=C1N=Nc2ccc(N3CCCCC3)nc21. The van der Waals surface area contributed by atoms with Crippen LogP contribution in [0.5, 0.6) is 0 Å². The summed E-state index contributed by atoms with van der Waals surface area (Å²) in [7, 11) is 0. The van der Waals surface area contributed by atoms with Crippen LogP contribution < -0.4 is 4.90 Å². The van der Waals surface area contributed by atoms with Crippen molar-refractivity contribution in [2.75, 3.05) is 18.0 Å². The number of hydrogen-bond donors (Lipinski definition) is 0. The molecule has 0 aromatic carbocycles. The summed E-state index contributed by atoms with van der Waals surface area (Å²) in [6.45, 7) is 2.04. The summed E-state index contributed by atoms with van der Waals surface area (Å²) in [6, 6.07) is 3.74. The standard InChI is InChI=1S/C11H12N4O/c16-11-10-8(13-14-11)4-5-9(12-10)15-6-2-1-3-7-15/h4-5H,1-3,6-7H2. The molecule has 3 rings (SSSR count). The van der Waals surface area contributed by atoms with Crippen LogP contribution >= 0.6 is 0 Å². The highest BCUT2D eigenvalue weighted by molar-refractivity contribution is 6.00. The summed E-state index contributed by atoms with van der Waals surface area (Å²) in [5.74, 6) is 0.549. The van der Waals surface area contributed by atoms with Gasteiger partial charge in [-0.25, -0.2) is 4.98 Å². The van der Waals surface area contributed by atoms with E-state index in [4.69, 9.17) is 0 Å². The Labute approximate surface area is 93.2 Å². The van der Waals surface area contributed by atoms with Crippen LogP contribution in [0.1, 0.15) is 29.8 Å². The monoisotopic (exact) mass is 216 g/mol. The van der Waals surface area contributed by atoms with Crippen molar-refractivity contribution in [2.45, 2.75) is 19.3 Å². The van der Waals surface area contributed by atoms with Gasteiger partial charge in [0.1, 0.15) is 11.5 Å². The zero-order valence-corrected chi connectivity index (χ0v) is 8.89. The third-order valence-electron chi connectivity index (χ3n) is 2.99. The predicted molar refractivity (Wildman–Crippen MR) is 59.1 cm³/mol. The first-order chi connectivity index (χ1) is 7.84. The predicted octanol–water partition coefficient (Wildman–Crippen LogP) is 2.31. The summed E-state index contributed by atoms with van der Waals surface area (Å²) in [5.41, 5.74) is 0.980. The topological polar surface area (TPSA) is 57.9 Å². The van der Waals surface area contributed by atoms with Gasteiger partial charge in [0.25, 0.3) is 0 Å². The molecule has 16 heavy (non-hydrogen) atoms. The number of aromatic nitrogens is 1. The molecule has 2 aliphatic rings. The molecule has 1 aromatic rings. The van der Waals surface area contributed by atoms with Gasteiger partial charge in [-0.1, -0.05) is 0 Å². The maximum absolute atomic E-state index is 11.4. The fourth-order valence-corrected chi connectivity index (χ4v) is 2.13. The van der Waals surface area contributed by atoms with Crippen LogP contribution in [0.4, 0.5) is 11.5 Å². The van der Waals surface area contributed by atoms with E-state index in [1.807, 2.05) is 12.1 Å². The van der Waals surface area contributed by atoms with Gasteiger partial charge in [0.2, 0.25) is 0 Å². The number of piperidine rings is 1. The number of anilines is 1. The minimum absolute atomic E-state index is 0.325. The molecule has 5 heteroatoms. The Bertz CT molecular complexity index is 463. The van der Waals surface area contributed by atoms with Crippen LogP contribution in [0.15, 0.2) is 22.4 Å². The second kappa shape index (κ2) is 3.66. The van der Waals surface area contributed by atoms with Crippen molar-refractivity contribution in [2.24, 2.45) is 10.2 Å². The Kier molecular flexibility index (Phi) is 2.16. The minimum Gasteiger partial charge on any atom is -0.357 e. The first-order valence-electron chi connectivity index (χ1n) is 5.57. The quantitative estimate of drug-likeness (QED) is 0.723. The molecule has 1 fully saturated rings. The van der Waals surface area contributed by atoms with Gasteiger partial charge in [-0.15, -0.1) is 10.2 Å². The van der Waals surface area contributed by atoms with E-state index in [1.54, 1.807) is 0 Å². The summed E-state index contributed by atoms with van der Waals surface area (Å²) in [4.78, 5) is 17.9. The van der Waals surface area contributed by atoms with Gasteiger partial charge in [0.05, 0.1) is 0 Å². The Balaban J connectivity index is 1.92. The summed E-state index contributed by atoms with van der Waals surface area (Å²) < 4.78 is 0. The number of azo groups is 1. The van der Waals surface area contributed by atoms with Crippen LogP contribution in [0, 0.1) is 0 Å². The number of amides is 1. The van der Waals surface area contributed by atoms with Crippen molar-refractivity contribution in [1.82, 2.24) is 4.98 Å². The summed E-state index contributed by atoms with van der Waals surface area (Å²) >= 11 is 0. The normalized spacial score (nSPS) is 19.0. The second-order valence-electron chi connectivity index (χ2n) is 4.09. The number of pyridine rings is 1. The zero-order chi connectivity index (χ0) is 11.0. The van der Waals surface area contributed by atoms with E-state index in [1.165, 1.54) is 19.3 Å². The molecule has 0 saturated carbocycles. The average Bonchev–Trinajstić information content (AvgIpc) is 2.72. The number of rotatable bonds is 1. The maximum atomic E-state index is 11.4. The molecule has 0 bridgehead atoms. The van der Waals surface area contributed by atoms with Crippen molar-refractivity contribution in [3.05, 3.63) is 17.8 Å². The molecule has 3 heterocycles. The fourth-order valence-electron chi connectivity index (χ4n) is 2.13. The number of hydrogen-bond acceptors (Lipinski definition) is 4. The first kappa shape index (κ1) is 9.45. The van der Waals surface area contributed by atoms with Crippen LogP contribution in [0.2, 0.25) is 0 Å². The number of nitrogens with zero attached hydrogens (tertiary/aromatic N) is 4. The van der Waals surface area contributed by atoms with E-state index in [9.17, 15) is 4.79 Å². The Morgan fingerprint density at radius 1 is 1.06 bits per heavy atom. The van der Waals surface area contributed by atoms with Gasteiger partial charge in [-0.3, -0.25) is 4.79 Å². The van der Waals surface area contributed by atoms with Crippen molar-refractivity contribution in [3.8, 4) is 0 Å². The highest BCUT2D eigenvalue weighted by Gasteiger charge is 2.21. The number of fused-ring (bicyclic) bond motifs is 1. The first-order valence-corrected chi connectivity index (χ1v) is 5.57. The lowest BCUT2D eigenvalue weighted by molar-refractivity contribution is 0.0998. The lowest BCUT2D eigenvalue weighted by Gasteiger charge is -2.27. The second-order valence-corrected chi connectivity index (χ2v) is 4.09. The van der Waals surface area contributed by atoms with Gasteiger partial charge in [-0.2, -0.15) is 0 Å². The molecule has 5 nitrogen and oxygen atoms in total. The van der Waals surface area contributed by atoms with E-state index in [0.29, 0.717) is 11.4 Å². The fraction of sp³-hybridized carbons (Fsp3) is 0.455. The molecule has 1 aromatic heterocycles. The van der Waals surface area contributed by atoms with Crippen LogP contribution in [0.3, 0.4) is 0 Å². The summed E-state index contributed by atoms with van der Waals surface area (Å²) in [6.07, 6.45) is 3.67. The van der Waals surface area contributed by atoms with Gasteiger partial charge in [0.15, 0.2) is 5.69 Å². The van der Waals surface area contributed by atoms with Crippen molar-refractivity contribution < 1.29 is 4.79 Å². The zero-order valence-electron chi connectivity index (χ0n) is 8.89. The highest BCUT2D eigenvalue weighted by Crippen LogP contribution is 2.28. The van der Waals surface area contributed by atoms with Crippen molar-refractivity contribution in [1.29, 1.82) is 0 Å². The molecule has 1 amide bonds. The van der Waals surface area contributed by atoms with E-state index < -0.39 is 0 Å². The molecule has 1 saturated heterocycles. The molecule has 82 valence electrons. The van der Waals surface area contributed by atoms with Crippen LogP contribution in [-0.4, -0.2) is 24.0 Å². The van der Waals surface area contributed by atoms with Crippen LogP contribution in [0.25, 0.3) is 0 Å². The number of carbonyl (C=O) groups is 1. The van der Waals surface area contributed by atoms with Crippen LogP contribution in [-0.2, 0) is 0 Å². The van der Waals surface area contributed by atoms with Crippen molar-refractivity contribution >= 4 is 17.4 Å². The third kappa shape index (κ3) is 1.48. The average molecular weight is 216 g/mol.